The third-order valence-electron chi connectivity index (χ3n) is 7.15. The molecule has 0 aliphatic heterocycles. The second-order valence-corrected chi connectivity index (χ2v) is 9.93. The van der Waals surface area contributed by atoms with E-state index in [0.717, 1.165) is 57.7 Å². The largest absolute Gasteiger partial charge is 0.490 e. The molecule has 0 spiro atoms. The Balaban J connectivity index is 1.45. The number of fused-ring (bicyclic) bond motifs is 1. The molecule has 0 bridgehead atoms. The first-order valence-electron chi connectivity index (χ1n) is 13.6. The number of halogens is 1. The molecule has 0 radical (unpaired) electrons. The van der Waals surface area contributed by atoms with Crippen molar-refractivity contribution in [2.45, 2.75) is 97.3 Å². The lowest BCUT2D eigenvalue weighted by Gasteiger charge is -2.28. The van der Waals surface area contributed by atoms with Crippen molar-refractivity contribution in [1.29, 1.82) is 0 Å². The Hall–Kier alpha value is -1.88. The maximum Gasteiger partial charge on any atom is 0.346 e. The highest BCUT2D eigenvalue weighted by Gasteiger charge is 2.21. The van der Waals surface area contributed by atoms with Gasteiger partial charge in [0.15, 0.2) is 11.6 Å². The van der Waals surface area contributed by atoms with Crippen LogP contribution < -0.4 is 10.4 Å². The smallest absolute Gasteiger partial charge is 0.346 e. The lowest BCUT2D eigenvalue weighted by Crippen LogP contribution is -2.15. The van der Waals surface area contributed by atoms with E-state index in [1.165, 1.54) is 44.9 Å². The van der Waals surface area contributed by atoms with Crippen LogP contribution >= 0.6 is 0 Å². The van der Waals surface area contributed by atoms with Crippen molar-refractivity contribution in [3.8, 4) is 5.75 Å². The van der Waals surface area contributed by atoms with Crippen LogP contribution in [0.3, 0.4) is 0 Å². The SMILES string of the molecule is CCCCCOc1ccc2cc(CCC3CCC(CCCCOCCC)CC3)oc(=O)c2c1F. The summed E-state index contributed by atoms with van der Waals surface area (Å²) in [5.41, 5.74) is -0.601. The van der Waals surface area contributed by atoms with Crippen molar-refractivity contribution < 1.29 is 18.3 Å². The Bertz CT molecular complexity index is 914. The van der Waals surface area contributed by atoms with Crippen molar-refractivity contribution in [2.24, 2.45) is 11.8 Å². The topological polar surface area (TPSA) is 48.7 Å². The van der Waals surface area contributed by atoms with Crippen LogP contribution in [0.4, 0.5) is 4.39 Å². The highest BCUT2D eigenvalue weighted by atomic mass is 19.1. The Labute approximate surface area is 204 Å². The number of benzene rings is 1. The minimum absolute atomic E-state index is 0.00246. The van der Waals surface area contributed by atoms with Gasteiger partial charge in [-0.15, -0.1) is 0 Å². The summed E-state index contributed by atoms with van der Waals surface area (Å²) < 4.78 is 31.5. The van der Waals surface area contributed by atoms with Gasteiger partial charge in [-0.2, -0.15) is 0 Å². The lowest BCUT2D eigenvalue weighted by molar-refractivity contribution is 0.128. The summed E-state index contributed by atoms with van der Waals surface area (Å²) >= 11 is 0. The molecule has 1 aliphatic rings. The van der Waals surface area contributed by atoms with Gasteiger partial charge in [0.2, 0.25) is 0 Å². The molecule has 0 unspecified atom stereocenters. The molecular formula is C29H43FO4. The summed E-state index contributed by atoms with van der Waals surface area (Å²) in [5, 5.41) is 0.591. The highest BCUT2D eigenvalue weighted by molar-refractivity contribution is 5.83. The number of hydrogen-bond donors (Lipinski definition) is 0. The second kappa shape index (κ2) is 14.5. The van der Waals surface area contributed by atoms with Crippen molar-refractivity contribution in [3.05, 3.63) is 40.2 Å². The highest BCUT2D eigenvalue weighted by Crippen LogP contribution is 2.34. The number of unbranched alkanes of at least 4 members (excludes halogenated alkanes) is 3. The van der Waals surface area contributed by atoms with Gasteiger partial charge in [0, 0.05) is 19.6 Å². The van der Waals surface area contributed by atoms with Gasteiger partial charge < -0.3 is 13.9 Å². The fourth-order valence-corrected chi connectivity index (χ4v) is 5.08. The van der Waals surface area contributed by atoms with Gasteiger partial charge in [-0.3, -0.25) is 0 Å². The van der Waals surface area contributed by atoms with Gasteiger partial charge in [-0.25, -0.2) is 9.18 Å². The van der Waals surface area contributed by atoms with Crippen LogP contribution in [0.15, 0.2) is 27.4 Å². The molecule has 190 valence electrons. The van der Waals surface area contributed by atoms with Gasteiger partial charge in [-0.1, -0.05) is 71.3 Å². The van der Waals surface area contributed by atoms with E-state index in [1.807, 2.05) is 6.07 Å². The van der Waals surface area contributed by atoms with Crippen molar-refractivity contribution in [3.63, 3.8) is 0 Å². The third kappa shape index (κ3) is 8.11. The molecule has 1 aromatic heterocycles. The Kier molecular flexibility index (Phi) is 11.4. The molecule has 1 aliphatic carbocycles. The number of rotatable bonds is 15. The minimum atomic E-state index is -0.607. The average Bonchev–Trinajstić information content (AvgIpc) is 2.84. The fraction of sp³-hybridized carbons (Fsp3) is 0.690. The van der Waals surface area contributed by atoms with Crippen LogP contribution in [0.5, 0.6) is 5.75 Å². The molecule has 0 N–H and O–H groups in total. The molecule has 3 rings (SSSR count). The first-order chi connectivity index (χ1) is 16.6. The van der Waals surface area contributed by atoms with E-state index >= 15 is 0 Å². The molecule has 4 nitrogen and oxygen atoms in total. The maximum absolute atomic E-state index is 14.9. The third-order valence-corrected chi connectivity index (χ3v) is 7.15. The molecule has 5 heteroatoms. The second-order valence-electron chi connectivity index (χ2n) is 9.93. The van der Waals surface area contributed by atoms with Gasteiger partial charge in [0.1, 0.15) is 11.1 Å². The van der Waals surface area contributed by atoms with E-state index in [1.54, 1.807) is 12.1 Å². The number of aryl methyl sites for hydroxylation is 1. The predicted octanol–water partition coefficient (Wildman–Crippen LogP) is 7.84. The first kappa shape index (κ1) is 26.7. The van der Waals surface area contributed by atoms with E-state index in [2.05, 4.69) is 13.8 Å². The van der Waals surface area contributed by atoms with Crippen LogP contribution in [-0.2, 0) is 11.2 Å². The molecule has 1 saturated carbocycles. The van der Waals surface area contributed by atoms with E-state index in [4.69, 9.17) is 13.9 Å². The van der Waals surface area contributed by atoms with Gasteiger partial charge in [0.05, 0.1) is 6.61 Å². The zero-order valence-electron chi connectivity index (χ0n) is 21.2. The monoisotopic (exact) mass is 474 g/mol. The summed E-state index contributed by atoms with van der Waals surface area (Å²) in [7, 11) is 0. The quantitative estimate of drug-likeness (QED) is 0.247. The van der Waals surface area contributed by atoms with Crippen LogP contribution in [0.2, 0.25) is 0 Å². The zero-order valence-corrected chi connectivity index (χ0v) is 21.2. The van der Waals surface area contributed by atoms with E-state index in [9.17, 15) is 9.18 Å². The van der Waals surface area contributed by atoms with Crippen LogP contribution in [-0.4, -0.2) is 19.8 Å². The molecule has 1 fully saturated rings. The molecular weight excluding hydrogens is 431 g/mol. The Morgan fingerprint density at radius 1 is 0.912 bits per heavy atom. The summed E-state index contributed by atoms with van der Waals surface area (Å²) in [6.45, 7) is 6.49. The van der Waals surface area contributed by atoms with Gasteiger partial charge in [0.25, 0.3) is 0 Å². The van der Waals surface area contributed by atoms with E-state index < -0.39 is 11.4 Å². The normalized spacial score (nSPS) is 18.4. The molecule has 2 aromatic rings. The first-order valence-corrected chi connectivity index (χ1v) is 13.6. The lowest BCUT2D eigenvalue weighted by atomic mass is 9.78. The molecule has 0 atom stereocenters. The summed E-state index contributed by atoms with van der Waals surface area (Å²) in [6.07, 6.45) is 14.7. The Morgan fingerprint density at radius 3 is 2.38 bits per heavy atom. The summed E-state index contributed by atoms with van der Waals surface area (Å²) in [6, 6.07) is 5.23. The van der Waals surface area contributed by atoms with E-state index in [-0.39, 0.29) is 11.1 Å². The predicted molar refractivity (Wildman–Crippen MR) is 136 cm³/mol. The zero-order chi connectivity index (χ0) is 24.2. The molecule has 1 heterocycles. The standard InChI is InChI=1S/C29H43FO4/c1-3-5-7-20-33-26-17-15-24-21-25(34-29(31)27(24)28(26)30)16-14-23-12-10-22(11-13-23)9-6-8-19-32-18-4-2/h15,17,21-23H,3-14,16,18-20H2,1-2H3. The van der Waals surface area contributed by atoms with Crippen LogP contribution in [0, 0.1) is 17.7 Å². The van der Waals surface area contributed by atoms with Crippen molar-refractivity contribution >= 4 is 10.8 Å². The molecule has 34 heavy (non-hydrogen) atoms. The van der Waals surface area contributed by atoms with E-state index in [0.29, 0.717) is 23.7 Å². The number of hydrogen-bond acceptors (Lipinski definition) is 4. The van der Waals surface area contributed by atoms with Gasteiger partial charge >= 0.3 is 5.63 Å². The van der Waals surface area contributed by atoms with Crippen LogP contribution in [0.1, 0.15) is 96.7 Å². The van der Waals surface area contributed by atoms with Gasteiger partial charge in [-0.05, 0) is 55.0 Å². The molecule has 0 amide bonds. The van der Waals surface area contributed by atoms with Crippen molar-refractivity contribution in [2.75, 3.05) is 19.8 Å². The average molecular weight is 475 g/mol. The maximum atomic E-state index is 14.9. The van der Waals surface area contributed by atoms with Crippen molar-refractivity contribution in [1.82, 2.24) is 0 Å². The number of ether oxygens (including phenoxy) is 2. The minimum Gasteiger partial charge on any atom is -0.490 e. The summed E-state index contributed by atoms with van der Waals surface area (Å²) in [5.74, 6) is 1.71. The molecule has 1 aromatic carbocycles. The molecule has 0 saturated heterocycles. The van der Waals surface area contributed by atoms with Crippen LogP contribution in [0.25, 0.3) is 10.8 Å². The Morgan fingerprint density at radius 2 is 1.65 bits per heavy atom. The summed E-state index contributed by atoms with van der Waals surface area (Å²) in [4.78, 5) is 12.6. The fourth-order valence-electron chi connectivity index (χ4n) is 5.08.